The highest BCUT2D eigenvalue weighted by Gasteiger charge is 2.17. The molecule has 1 aliphatic rings. The molecular formula is C21H22FN5O. The molecule has 3 aromatic rings. The number of rotatable bonds is 6. The second kappa shape index (κ2) is 8.31. The van der Waals surface area contributed by atoms with Gasteiger partial charge in [0, 0.05) is 31.0 Å². The van der Waals surface area contributed by atoms with E-state index >= 15 is 0 Å². The highest BCUT2D eigenvalue weighted by Crippen LogP contribution is 2.23. The van der Waals surface area contributed by atoms with Crippen molar-refractivity contribution in [2.24, 2.45) is 0 Å². The molecule has 0 radical (unpaired) electrons. The molecule has 1 N–H and O–H groups in total. The molecule has 28 heavy (non-hydrogen) atoms. The van der Waals surface area contributed by atoms with Gasteiger partial charge in [-0.25, -0.2) is 9.07 Å². The van der Waals surface area contributed by atoms with Crippen LogP contribution in [-0.2, 0) is 0 Å². The summed E-state index contributed by atoms with van der Waals surface area (Å²) in [5.74, 6) is -0.538. The van der Waals surface area contributed by atoms with Crippen molar-refractivity contribution in [2.75, 3.05) is 26.2 Å². The molecule has 1 amide bonds. The van der Waals surface area contributed by atoms with Crippen LogP contribution in [0.5, 0.6) is 0 Å². The molecule has 0 spiro atoms. The number of amides is 1. The zero-order valence-corrected chi connectivity index (χ0v) is 15.5. The van der Waals surface area contributed by atoms with E-state index in [9.17, 15) is 9.18 Å². The molecule has 6 nitrogen and oxygen atoms in total. The average molecular weight is 379 g/mol. The van der Waals surface area contributed by atoms with Crippen molar-refractivity contribution in [3.63, 3.8) is 0 Å². The largest absolute Gasteiger partial charge is 0.349 e. The van der Waals surface area contributed by atoms with Crippen LogP contribution in [0, 0.1) is 5.82 Å². The maximum Gasteiger partial charge on any atom is 0.271 e. The fraction of sp³-hybridized carbons (Fsp3) is 0.286. The van der Waals surface area contributed by atoms with Gasteiger partial charge in [-0.1, -0.05) is 0 Å². The highest BCUT2D eigenvalue weighted by molar-refractivity contribution is 5.93. The summed E-state index contributed by atoms with van der Waals surface area (Å²) in [6, 6.07) is 11.5. The van der Waals surface area contributed by atoms with Crippen LogP contribution < -0.4 is 5.32 Å². The Morgan fingerprint density at radius 1 is 1.14 bits per heavy atom. The Hall–Kier alpha value is -3.06. The van der Waals surface area contributed by atoms with Gasteiger partial charge in [-0.15, -0.1) is 0 Å². The molecule has 0 unspecified atom stereocenters. The van der Waals surface area contributed by atoms with Crippen molar-refractivity contribution < 1.29 is 9.18 Å². The first-order chi connectivity index (χ1) is 13.7. The van der Waals surface area contributed by atoms with E-state index in [0.717, 1.165) is 30.9 Å². The first-order valence-electron chi connectivity index (χ1n) is 9.48. The van der Waals surface area contributed by atoms with E-state index in [0.29, 0.717) is 17.9 Å². The van der Waals surface area contributed by atoms with Crippen LogP contribution in [0.4, 0.5) is 4.39 Å². The first kappa shape index (κ1) is 18.3. The molecule has 1 aromatic carbocycles. The monoisotopic (exact) mass is 379 g/mol. The number of aromatic nitrogens is 3. The van der Waals surface area contributed by atoms with E-state index in [-0.39, 0.29) is 11.7 Å². The van der Waals surface area contributed by atoms with Gasteiger partial charge in [-0.2, -0.15) is 5.10 Å². The van der Waals surface area contributed by atoms with Gasteiger partial charge in [0.15, 0.2) is 5.69 Å². The smallest absolute Gasteiger partial charge is 0.271 e. The number of pyridine rings is 1. The summed E-state index contributed by atoms with van der Waals surface area (Å²) in [7, 11) is 0. The van der Waals surface area contributed by atoms with E-state index in [1.54, 1.807) is 35.3 Å². The van der Waals surface area contributed by atoms with E-state index in [4.69, 9.17) is 0 Å². The molecule has 3 heterocycles. The third kappa shape index (κ3) is 4.09. The van der Waals surface area contributed by atoms with Gasteiger partial charge in [0.05, 0.1) is 11.4 Å². The van der Waals surface area contributed by atoms with E-state index in [1.807, 2.05) is 12.1 Å². The zero-order valence-electron chi connectivity index (χ0n) is 15.5. The number of hydrogen-bond donors (Lipinski definition) is 1. The molecule has 1 fully saturated rings. The van der Waals surface area contributed by atoms with Crippen LogP contribution >= 0.6 is 0 Å². The Morgan fingerprint density at radius 3 is 2.64 bits per heavy atom. The minimum absolute atomic E-state index is 0.217. The number of carbonyl (C=O) groups excluding carboxylic acids is 1. The van der Waals surface area contributed by atoms with Gasteiger partial charge in [-0.3, -0.25) is 9.78 Å². The van der Waals surface area contributed by atoms with Crippen molar-refractivity contribution in [3.8, 4) is 16.9 Å². The van der Waals surface area contributed by atoms with Crippen molar-refractivity contribution in [3.05, 3.63) is 66.4 Å². The Balaban J connectivity index is 1.57. The summed E-state index contributed by atoms with van der Waals surface area (Å²) in [6.07, 6.45) is 5.86. The fourth-order valence-corrected chi connectivity index (χ4v) is 3.42. The van der Waals surface area contributed by atoms with Crippen LogP contribution in [0.2, 0.25) is 0 Å². The number of nitrogens with zero attached hydrogens (tertiary/aromatic N) is 4. The average Bonchev–Trinajstić information content (AvgIpc) is 3.39. The molecule has 1 aliphatic heterocycles. The first-order valence-corrected chi connectivity index (χ1v) is 9.48. The van der Waals surface area contributed by atoms with E-state index in [2.05, 4.69) is 20.3 Å². The summed E-state index contributed by atoms with van der Waals surface area (Å²) in [6.45, 7) is 3.63. The van der Waals surface area contributed by atoms with Gasteiger partial charge in [0.2, 0.25) is 0 Å². The topological polar surface area (TPSA) is 63.1 Å². The lowest BCUT2D eigenvalue weighted by Gasteiger charge is -2.14. The molecular weight excluding hydrogens is 357 g/mol. The summed E-state index contributed by atoms with van der Waals surface area (Å²) < 4.78 is 15.0. The molecule has 1 saturated heterocycles. The SMILES string of the molecule is O=C(NCCN1CCCC1)c1cc(-c2cccnc2)n(-c2ccc(F)cc2)n1. The van der Waals surface area contributed by atoms with Crippen molar-refractivity contribution in [1.82, 2.24) is 25.0 Å². The lowest BCUT2D eigenvalue weighted by atomic mass is 10.2. The minimum atomic E-state index is -0.321. The number of nitrogens with one attached hydrogen (secondary N) is 1. The molecule has 144 valence electrons. The second-order valence-electron chi connectivity index (χ2n) is 6.85. The predicted molar refractivity (Wildman–Crippen MR) is 105 cm³/mol. The van der Waals surface area contributed by atoms with Gasteiger partial charge >= 0.3 is 0 Å². The van der Waals surface area contributed by atoms with Crippen LogP contribution in [0.1, 0.15) is 23.3 Å². The Bertz CT molecular complexity index is 933. The van der Waals surface area contributed by atoms with Crippen LogP contribution in [-0.4, -0.2) is 51.8 Å². The summed E-state index contributed by atoms with van der Waals surface area (Å²) >= 11 is 0. The van der Waals surface area contributed by atoms with Gasteiger partial charge in [-0.05, 0) is 68.4 Å². The third-order valence-electron chi connectivity index (χ3n) is 4.88. The van der Waals surface area contributed by atoms with E-state index < -0.39 is 0 Å². The molecule has 0 saturated carbocycles. The van der Waals surface area contributed by atoms with E-state index in [1.165, 1.54) is 25.0 Å². The second-order valence-corrected chi connectivity index (χ2v) is 6.85. The lowest BCUT2D eigenvalue weighted by Crippen LogP contribution is -2.33. The molecule has 2 aromatic heterocycles. The Morgan fingerprint density at radius 2 is 1.93 bits per heavy atom. The number of halogens is 1. The number of likely N-dealkylation sites (tertiary alicyclic amines) is 1. The molecule has 0 bridgehead atoms. The maximum atomic E-state index is 13.3. The lowest BCUT2D eigenvalue weighted by molar-refractivity contribution is 0.0944. The van der Waals surface area contributed by atoms with Crippen molar-refractivity contribution in [1.29, 1.82) is 0 Å². The zero-order chi connectivity index (χ0) is 19.3. The normalized spacial score (nSPS) is 14.3. The molecule has 0 atom stereocenters. The van der Waals surface area contributed by atoms with Crippen molar-refractivity contribution in [2.45, 2.75) is 12.8 Å². The maximum absolute atomic E-state index is 13.3. The number of hydrogen-bond acceptors (Lipinski definition) is 4. The van der Waals surface area contributed by atoms with Crippen LogP contribution in [0.15, 0.2) is 54.9 Å². The third-order valence-corrected chi connectivity index (χ3v) is 4.88. The van der Waals surface area contributed by atoms with Gasteiger partial charge in [0.25, 0.3) is 5.91 Å². The fourth-order valence-electron chi connectivity index (χ4n) is 3.42. The Kier molecular flexibility index (Phi) is 5.43. The number of benzene rings is 1. The van der Waals surface area contributed by atoms with Crippen LogP contribution in [0.25, 0.3) is 16.9 Å². The molecule has 0 aliphatic carbocycles. The van der Waals surface area contributed by atoms with Gasteiger partial charge in [0.1, 0.15) is 5.82 Å². The number of carbonyl (C=O) groups is 1. The Labute approximate surface area is 163 Å². The quantitative estimate of drug-likeness (QED) is 0.715. The highest BCUT2D eigenvalue weighted by atomic mass is 19.1. The molecule has 7 heteroatoms. The summed E-state index contributed by atoms with van der Waals surface area (Å²) in [5, 5.41) is 7.42. The van der Waals surface area contributed by atoms with Gasteiger partial charge < -0.3 is 10.2 Å². The van der Waals surface area contributed by atoms with Crippen molar-refractivity contribution >= 4 is 5.91 Å². The minimum Gasteiger partial charge on any atom is -0.349 e. The summed E-state index contributed by atoms with van der Waals surface area (Å²) in [4.78, 5) is 19.1. The summed E-state index contributed by atoms with van der Waals surface area (Å²) in [5.41, 5.74) is 2.56. The standard InChI is InChI=1S/C21H22FN5O/c22-17-5-7-18(8-6-17)27-20(16-4-3-9-23-15-16)14-19(25-27)21(28)24-10-13-26-11-1-2-12-26/h3-9,14-15H,1-2,10-13H2,(H,24,28). The molecule has 4 rings (SSSR count). The van der Waals surface area contributed by atoms with Crippen LogP contribution in [0.3, 0.4) is 0 Å². The predicted octanol–water partition coefficient (Wildman–Crippen LogP) is 2.90.